The molecule has 0 spiro atoms. The molecule has 34 heavy (non-hydrogen) atoms. The molecule has 4 aromatic rings. The van der Waals surface area contributed by atoms with E-state index in [1.807, 2.05) is 19.9 Å². The maximum Gasteiger partial charge on any atom is 0.157 e. The van der Waals surface area contributed by atoms with Crippen molar-refractivity contribution in [3.8, 4) is 23.1 Å². The SMILES string of the molecule is CCc1c(-c2ccc(F)cc2)nn(CC2CC2)c1Cc1cc(-n2nc(C)c(C#N)c2C)ncn1. The van der Waals surface area contributed by atoms with Gasteiger partial charge in [0, 0.05) is 35.9 Å². The van der Waals surface area contributed by atoms with Gasteiger partial charge in [-0.15, -0.1) is 0 Å². The fourth-order valence-electron chi connectivity index (χ4n) is 4.44. The number of hydrogen-bond acceptors (Lipinski definition) is 5. The molecule has 0 saturated heterocycles. The molecule has 0 bridgehead atoms. The highest BCUT2D eigenvalue weighted by Gasteiger charge is 2.26. The van der Waals surface area contributed by atoms with Crippen LogP contribution >= 0.6 is 0 Å². The second-order valence-corrected chi connectivity index (χ2v) is 8.87. The van der Waals surface area contributed by atoms with Crippen molar-refractivity contribution in [1.82, 2.24) is 29.5 Å². The summed E-state index contributed by atoms with van der Waals surface area (Å²) in [6.07, 6.45) is 5.41. The van der Waals surface area contributed by atoms with E-state index in [0.717, 1.165) is 46.9 Å². The first-order valence-corrected chi connectivity index (χ1v) is 11.6. The summed E-state index contributed by atoms with van der Waals surface area (Å²) in [7, 11) is 0. The van der Waals surface area contributed by atoms with Crippen LogP contribution in [-0.2, 0) is 19.4 Å². The summed E-state index contributed by atoms with van der Waals surface area (Å²) >= 11 is 0. The Hall–Kier alpha value is -3.86. The summed E-state index contributed by atoms with van der Waals surface area (Å²) < 4.78 is 17.3. The maximum atomic E-state index is 13.5. The van der Waals surface area contributed by atoms with Crippen LogP contribution in [0.4, 0.5) is 4.39 Å². The Balaban J connectivity index is 1.55. The Bertz CT molecular complexity index is 1390. The van der Waals surface area contributed by atoms with Gasteiger partial charge in [0.1, 0.15) is 18.2 Å². The lowest BCUT2D eigenvalue weighted by atomic mass is 10.0. The number of rotatable bonds is 7. The third kappa shape index (κ3) is 4.10. The zero-order chi connectivity index (χ0) is 23.8. The summed E-state index contributed by atoms with van der Waals surface area (Å²) in [6.45, 7) is 6.70. The van der Waals surface area contributed by atoms with Crippen molar-refractivity contribution in [3.05, 3.63) is 76.4 Å². The second-order valence-electron chi connectivity index (χ2n) is 8.87. The smallest absolute Gasteiger partial charge is 0.157 e. The van der Waals surface area contributed by atoms with Crippen LogP contribution in [0, 0.1) is 36.9 Å². The molecule has 7 nitrogen and oxygen atoms in total. The molecule has 0 atom stereocenters. The third-order valence-electron chi connectivity index (χ3n) is 6.44. The predicted octanol–water partition coefficient (Wildman–Crippen LogP) is 4.72. The van der Waals surface area contributed by atoms with Gasteiger partial charge in [-0.05, 0) is 63.3 Å². The van der Waals surface area contributed by atoms with Crippen molar-refractivity contribution in [2.24, 2.45) is 5.92 Å². The van der Waals surface area contributed by atoms with Crippen LogP contribution in [0.3, 0.4) is 0 Å². The lowest BCUT2D eigenvalue weighted by molar-refractivity contribution is 0.543. The van der Waals surface area contributed by atoms with E-state index in [2.05, 4.69) is 32.7 Å². The van der Waals surface area contributed by atoms with Gasteiger partial charge in [-0.2, -0.15) is 15.5 Å². The van der Waals surface area contributed by atoms with Crippen LogP contribution in [-0.4, -0.2) is 29.5 Å². The highest BCUT2D eigenvalue weighted by Crippen LogP contribution is 2.34. The van der Waals surface area contributed by atoms with Crippen molar-refractivity contribution in [1.29, 1.82) is 5.26 Å². The van der Waals surface area contributed by atoms with E-state index >= 15 is 0 Å². The molecule has 0 N–H and O–H groups in total. The van der Waals surface area contributed by atoms with Crippen molar-refractivity contribution >= 4 is 0 Å². The molecule has 1 fully saturated rings. The quantitative estimate of drug-likeness (QED) is 0.403. The minimum atomic E-state index is -0.253. The first-order chi connectivity index (χ1) is 16.5. The molecule has 1 aliphatic rings. The Morgan fingerprint density at radius 3 is 2.53 bits per heavy atom. The van der Waals surface area contributed by atoms with E-state index < -0.39 is 0 Å². The van der Waals surface area contributed by atoms with Crippen LogP contribution in [0.25, 0.3) is 17.1 Å². The fourth-order valence-corrected chi connectivity index (χ4v) is 4.44. The van der Waals surface area contributed by atoms with Crippen LogP contribution < -0.4 is 0 Å². The standard InChI is InChI=1S/C26H26FN7/c1-4-22-24(33(14-18-5-6-18)32-26(22)19-7-9-20(27)10-8-19)11-21-12-25(30-15-29-21)34-17(3)23(13-28)16(2)31-34/h7-10,12,15,18H,4-6,11,14H2,1-3H3. The Morgan fingerprint density at radius 1 is 1.12 bits per heavy atom. The normalized spacial score (nSPS) is 13.3. The topological polar surface area (TPSA) is 85.2 Å². The van der Waals surface area contributed by atoms with Crippen LogP contribution in [0.2, 0.25) is 0 Å². The molecule has 1 aliphatic carbocycles. The lowest BCUT2D eigenvalue weighted by Gasteiger charge is -2.10. The number of nitriles is 1. The van der Waals surface area contributed by atoms with E-state index in [-0.39, 0.29) is 5.82 Å². The highest BCUT2D eigenvalue weighted by molar-refractivity contribution is 5.64. The minimum Gasteiger partial charge on any atom is -0.268 e. The van der Waals surface area contributed by atoms with Crippen LogP contribution in [0.1, 0.15) is 53.7 Å². The van der Waals surface area contributed by atoms with E-state index in [1.165, 1.54) is 25.0 Å². The molecule has 1 saturated carbocycles. The summed E-state index contributed by atoms with van der Waals surface area (Å²) in [6, 6.07) is 10.7. The Kier molecular flexibility index (Phi) is 5.70. The predicted molar refractivity (Wildman–Crippen MR) is 126 cm³/mol. The maximum absolute atomic E-state index is 13.5. The van der Waals surface area contributed by atoms with Crippen molar-refractivity contribution in [2.45, 2.75) is 53.0 Å². The summed E-state index contributed by atoms with van der Waals surface area (Å²) in [4.78, 5) is 8.94. The van der Waals surface area contributed by atoms with Crippen molar-refractivity contribution < 1.29 is 4.39 Å². The van der Waals surface area contributed by atoms with Gasteiger partial charge in [0.05, 0.1) is 28.3 Å². The number of benzene rings is 1. The zero-order valence-corrected chi connectivity index (χ0v) is 19.6. The first-order valence-electron chi connectivity index (χ1n) is 11.6. The van der Waals surface area contributed by atoms with E-state index in [4.69, 9.17) is 5.10 Å². The number of aryl methyl sites for hydroxylation is 1. The molecule has 5 rings (SSSR count). The van der Waals surface area contributed by atoms with E-state index in [1.54, 1.807) is 23.1 Å². The average Bonchev–Trinajstić information content (AvgIpc) is 3.52. The Morgan fingerprint density at radius 2 is 1.88 bits per heavy atom. The van der Waals surface area contributed by atoms with Gasteiger partial charge in [-0.3, -0.25) is 4.68 Å². The van der Waals surface area contributed by atoms with Gasteiger partial charge in [0.2, 0.25) is 0 Å². The van der Waals surface area contributed by atoms with Gasteiger partial charge in [-0.25, -0.2) is 19.0 Å². The monoisotopic (exact) mass is 455 g/mol. The van der Waals surface area contributed by atoms with E-state index in [9.17, 15) is 9.65 Å². The molecule has 0 unspecified atom stereocenters. The van der Waals surface area contributed by atoms with Crippen molar-refractivity contribution in [2.75, 3.05) is 0 Å². The summed E-state index contributed by atoms with van der Waals surface area (Å²) in [5.41, 5.74) is 6.98. The molecule has 0 amide bonds. The summed E-state index contributed by atoms with van der Waals surface area (Å²) in [5.74, 6) is 1.04. The molecule has 172 valence electrons. The number of halogens is 1. The molecule has 8 heteroatoms. The minimum absolute atomic E-state index is 0.253. The molecule has 1 aromatic carbocycles. The second kappa shape index (κ2) is 8.82. The molecule has 0 radical (unpaired) electrons. The number of nitrogens with zero attached hydrogens (tertiary/aromatic N) is 7. The third-order valence-corrected chi connectivity index (χ3v) is 6.44. The highest BCUT2D eigenvalue weighted by atomic mass is 19.1. The average molecular weight is 456 g/mol. The summed E-state index contributed by atoms with van der Waals surface area (Å²) in [5, 5.41) is 18.9. The van der Waals surface area contributed by atoms with Gasteiger partial charge in [0.25, 0.3) is 0 Å². The van der Waals surface area contributed by atoms with Gasteiger partial charge >= 0.3 is 0 Å². The molecular formula is C26H26FN7. The Labute approximate surface area is 197 Å². The van der Waals surface area contributed by atoms with Crippen LogP contribution in [0.5, 0.6) is 0 Å². The van der Waals surface area contributed by atoms with Gasteiger partial charge in [0.15, 0.2) is 5.82 Å². The molecule has 3 aromatic heterocycles. The first kappa shape index (κ1) is 22.0. The number of hydrogen-bond donors (Lipinski definition) is 0. The van der Waals surface area contributed by atoms with Crippen molar-refractivity contribution in [3.63, 3.8) is 0 Å². The lowest BCUT2D eigenvalue weighted by Crippen LogP contribution is -2.10. The van der Waals surface area contributed by atoms with Gasteiger partial charge in [-0.1, -0.05) is 6.92 Å². The van der Waals surface area contributed by atoms with E-state index in [0.29, 0.717) is 29.4 Å². The van der Waals surface area contributed by atoms with Gasteiger partial charge < -0.3 is 0 Å². The molecule has 3 heterocycles. The largest absolute Gasteiger partial charge is 0.268 e. The fraction of sp³-hybridized carbons (Fsp3) is 0.346. The molecule has 0 aliphatic heterocycles. The molecular weight excluding hydrogens is 429 g/mol. The van der Waals surface area contributed by atoms with Crippen LogP contribution in [0.15, 0.2) is 36.7 Å². The number of aromatic nitrogens is 6. The zero-order valence-electron chi connectivity index (χ0n) is 19.6.